The molecule has 2 aromatic rings. The summed E-state index contributed by atoms with van der Waals surface area (Å²) in [5.41, 5.74) is 0.651. The Balaban J connectivity index is 2.02. The Kier molecular flexibility index (Phi) is 4.04. The standard InChI is InChI=1S/C12H9BrF3NO2/c13-10-6-8(17-7-9-2-1-5-18-9)3-4-11(10)19-12(14,15)16/h1-6,17H,7H2. The van der Waals surface area contributed by atoms with Gasteiger partial charge in [0, 0.05) is 5.69 Å². The molecule has 1 aromatic heterocycles. The SMILES string of the molecule is FC(F)(F)Oc1ccc(NCc2ccco2)cc1Br. The fourth-order valence-corrected chi connectivity index (χ4v) is 1.88. The summed E-state index contributed by atoms with van der Waals surface area (Å²) in [6, 6.07) is 7.79. The van der Waals surface area contributed by atoms with Gasteiger partial charge in [-0.25, -0.2) is 0 Å². The summed E-state index contributed by atoms with van der Waals surface area (Å²) in [4.78, 5) is 0. The zero-order chi connectivity index (χ0) is 13.9. The highest BCUT2D eigenvalue weighted by Gasteiger charge is 2.31. The van der Waals surface area contributed by atoms with Crippen molar-refractivity contribution in [1.29, 1.82) is 0 Å². The third kappa shape index (κ3) is 4.20. The van der Waals surface area contributed by atoms with Gasteiger partial charge in [-0.15, -0.1) is 13.2 Å². The molecule has 0 unspecified atom stereocenters. The van der Waals surface area contributed by atoms with E-state index in [9.17, 15) is 13.2 Å². The molecular weight excluding hydrogens is 327 g/mol. The Morgan fingerprint density at radius 1 is 1.26 bits per heavy atom. The van der Waals surface area contributed by atoms with E-state index < -0.39 is 6.36 Å². The summed E-state index contributed by atoms with van der Waals surface area (Å²) in [7, 11) is 0. The molecule has 0 fully saturated rings. The predicted octanol–water partition coefficient (Wildman–Crippen LogP) is 4.55. The molecule has 102 valence electrons. The zero-order valence-electron chi connectivity index (χ0n) is 9.50. The third-order valence-corrected chi connectivity index (χ3v) is 2.82. The summed E-state index contributed by atoms with van der Waals surface area (Å²) < 4.78 is 45.4. The average Bonchev–Trinajstić information content (AvgIpc) is 2.81. The van der Waals surface area contributed by atoms with E-state index in [0.717, 1.165) is 5.76 Å². The van der Waals surface area contributed by atoms with E-state index in [-0.39, 0.29) is 10.2 Å². The summed E-state index contributed by atoms with van der Waals surface area (Å²) in [6.45, 7) is 0.443. The molecule has 0 bridgehead atoms. The number of anilines is 1. The van der Waals surface area contributed by atoms with Crippen LogP contribution in [0.25, 0.3) is 0 Å². The zero-order valence-corrected chi connectivity index (χ0v) is 11.1. The Morgan fingerprint density at radius 2 is 2.05 bits per heavy atom. The third-order valence-electron chi connectivity index (χ3n) is 2.20. The molecule has 0 saturated carbocycles. The molecule has 3 nitrogen and oxygen atoms in total. The molecule has 0 amide bonds. The van der Waals surface area contributed by atoms with E-state index in [4.69, 9.17) is 4.42 Å². The van der Waals surface area contributed by atoms with E-state index in [1.165, 1.54) is 18.2 Å². The van der Waals surface area contributed by atoms with Crippen molar-refractivity contribution in [3.05, 3.63) is 46.8 Å². The molecule has 2 rings (SSSR count). The van der Waals surface area contributed by atoms with Crippen LogP contribution in [-0.2, 0) is 6.54 Å². The summed E-state index contributed by atoms with van der Waals surface area (Å²) in [5.74, 6) is 0.447. The highest BCUT2D eigenvalue weighted by Crippen LogP contribution is 2.32. The second-order valence-electron chi connectivity index (χ2n) is 3.63. The number of benzene rings is 1. The molecule has 0 radical (unpaired) electrons. The number of rotatable bonds is 4. The molecule has 1 heterocycles. The van der Waals surface area contributed by atoms with Crippen LogP contribution in [0, 0.1) is 0 Å². The minimum Gasteiger partial charge on any atom is -0.467 e. The van der Waals surface area contributed by atoms with Crippen molar-refractivity contribution in [2.45, 2.75) is 12.9 Å². The molecule has 19 heavy (non-hydrogen) atoms. The average molecular weight is 336 g/mol. The van der Waals surface area contributed by atoms with Crippen LogP contribution in [0.15, 0.2) is 45.5 Å². The van der Waals surface area contributed by atoms with Gasteiger partial charge in [0.05, 0.1) is 17.3 Å². The van der Waals surface area contributed by atoms with Crippen molar-refractivity contribution in [1.82, 2.24) is 0 Å². The van der Waals surface area contributed by atoms with Crippen molar-refractivity contribution >= 4 is 21.6 Å². The molecule has 0 spiro atoms. The van der Waals surface area contributed by atoms with Gasteiger partial charge in [-0.1, -0.05) is 0 Å². The number of nitrogens with one attached hydrogen (secondary N) is 1. The first-order chi connectivity index (χ1) is 8.94. The molecule has 1 aromatic carbocycles. The van der Waals surface area contributed by atoms with Crippen molar-refractivity contribution in [2.24, 2.45) is 0 Å². The van der Waals surface area contributed by atoms with E-state index in [1.807, 2.05) is 0 Å². The Bertz CT molecular complexity index is 540. The van der Waals surface area contributed by atoms with E-state index >= 15 is 0 Å². The lowest BCUT2D eigenvalue weighted by atomic mass is 10.3. The molecule has 0 aliphatic rings. The largest absolute Gasteiger partial charge is 0.573 e. The number of hydrogen-bond acceptors (Lipinski definition) is 3. The number of alkyl halides is 3. The highest BCUT2D eigenvalue weighted by molar-refractivity contribution is 9.10. The van der Waals surface area contributed by atoms with Gasteiger partial charge in [-0.3, -0.25) is 0 Å². The molecule has 0 saturated heterocycles. The minimum atomic E-state index is -4.70. The van der Waals surface area contributed by atoms with Gasteiger partial charge in [0.25, 0.3) is 0 Å². The predicted molar refractivity (Wildman–Crippen MR) is 66.9 cm³/mol. The first-order valence-corrected chi connectivity index (χ1v) is 6.05. The molecule has 7 heteroatoms. The fourth-order valence-electron chi connectivity index (χ4n) is 1.42. The summed E-state index contributed by atoms with van der Waals surface area (Å²) >= 11 is 3.03. The van der Waals surface area contributed by atoms with Crippen LogP contribution in [0.4, 0.5) is 18.9 Å². The lowest BCUT2D eigenvalue weighted by molar-refractivity contribution is -0.274. The first kappa shape index (κ1) is 13.8. The maximum Gasteiger partial charge on any atom is 0.573 e. The van der Waals surface area contributed by atoms with Crippen LogP contribution in [0.1, 0.15) is 5.76 Å². The van der Waals surface area contributed by atoms with Crippen LogP contribution in [-0.4, -0.2) is 6.36 Å². The summed E-state index contributed by atoms with van der Waals surface area (Å²) in [5, 5.41) is 3.02. The Morgan fingerprint density at radius 3 is 2.63 bits per heavy atom. The smallest absolute Gasteiger partial charge is 0.467 e. The molecular formula is C12H9BrF3NO2. The lowest BCUT2D eigenvalue weighted by Gasteiger charge is -2.12. The van der Waals surface area contributed by atoms with Crippen molar-refractivity contribution in [2.75, 3.05) is 5.32 Å². The number of furan rings is 1. The van der Waals surface area contributed by atoms with Crippen LogP contribution < -0.4 is 10.1 Å². The van der Waals surface area contributed by atoms with Crippen molar-refractivity contribution in [3.8, 4) is 5.75 Å². The monoisotopic (exact) mass is 335 g/mol. The second-order valence-corrected chi connectivity index (χ2v) is 4.48. The number of hydrogen-bond donors (Lipinski definition) is 1. The van der Waals surface area contributed by atoms with Crippen LogP contribution in [0.3, 0.4) is 0 Å². The Labute approximate surface area is 115 Å². The molecule has 0 aliphatic heterocycles. The second kappa shape index (κ2) is 5.56. The molecule has 0 aliphatic carbocycles. The minimum absolute atomic E-state index is 0.217. The molecule has 1 N–H and O–H groups in total. The van der Waals surface area contributed by atoms with Gasteiger partial charge >= 0.3 is 6.36 Å². The van der Waals surface area contributed by atoms with Crippen LogP contribution >= 0.6 is 15.9 Å². The van der Waals surface area contributed by atoms with Gasteiger partial charge in [-0.2, -0.15) is 0 Å². The van der Waals surface area contributed by atoms with Gasteiger partial charge in [0.2, 0.25) is 0 Å². The Hall–Kier alpha value is -1.63. The van der Waals surface area contributed by atoms with Gasteiger partial charge < -0.3 is 14.5 Å². The van der Waals surface area contributed by atoms with Crippen molar-refractivity contribution in [3.63, 3.8) is 0 Å². The van der Waals surface area contributed by atoms with E-state index in [0.29, 0.717) is 12.2 Å². The number of halogens is 4. The summed E-state index contributed by atoms with van der Waals surface area (Å²) in [6.07, 6.45) is -3.15. The normalized spacial score (nSPS) is 11.4. The van der Waals surface area contributed by atoms with Crippen LogP contribution in [0.5, 0.6) is 5.75 Å². The van der Waals surface area contributed by atoms with E-state index in [1.54, 1.807) is 18.4 Å². The molecule has 0 atom stereocenters. The van der Waals surface area contributed by atoms with Gasteiger partial charge in [0.15, 0.2) is 0 Å². The topological polar surface area (TPSA) is 34.4 Å². The van der Waals surface area contributed by atoms with E-state index in [2.05, 4.69) is 26.0 Å². The quantitative estimate of drug-likeness (QED) is 0.889. The van der Waals surface area contributed by atoms with Crippen LogP contribution in [0.2, 0.25) is 0 Å². The van der Waals surface area contributed by atoms with Crippen molar-refractivity contribution < 1.29 is 22.3 Å². The lowest BCUT2D eigenvalue weighted by Crippen LogP contribution is -2.17. The fraction of sp³-hybridized carbons (Fsp3) is 0.167. The highest BCUT2D eigenvalue weighted by atomic mass is 79.9. The maximum atomic E-state index is 12.1. The van der Waals surface area contributed by atoms with Gasteiger partial charge in [-0.05, 0) is 46.3 Å². The number of ether oxygens (including phenoxy) is 1. The first-order valence-electron chi connectivity index (χ1n) is 5.25. The van der Waals surface area contributed by atoms with Gasteiger partial charge in [0.1, 0.15) is 11.5 Å². The maximum absolute atomic E-state index is 12.1.